The minimum atomic E-state index is -0.116. The van der Waals surface area contributed by atoms with Crippen LogP contribution in [0.4, 0.5) is 0 Å². The van der Waals surface area contributed by atoms with Crippen LogP contribution < -0.4 is 5.32 Å². The first-order valence-corrected chi connectivity index (χ1v) is 7.04. The summed E-state index contributed by atoms with van der Waals surface area (Å²) in [6, 6.07) is 5.25. The number of nitrogens with one attached hydrogen (secondary N) is 1. The van der Waals surface area contributed by atoms with Crippen LogP contribution in [0.2, 0.25) is 0 Å². The standard InChI is InChI=1S/C13H16BrN3O2/c1-15-12(18)9-4-3-7-17(8-9)13(19)10-5-2-6-11(14)16-10/h2,5-6,9H,3-4,7-8H2,1H3,(H,15,18). The van der Waals surface area contributed by atoms with Gasteiger partial charge in [0.25, 0.3) is 5.91 Å². The first-order chi connectivity index (χ1) is 9.11. The number of likely N-dealkylation sites (tertiary alicyclic amines) is 1. The van der Waals surface area contributed by atoms with Crippen LogP contribution in [-0.4, -0.2) is 41.8 Å². The van der Waals surface area contributed by atoms with E-state index in [1.807, 2.05) is 0 Å². The van der Waals surface area contributed by atoms with Crippen molar-refractivity contribution in [3.63, 3.8) is 0 Å². The number of hydrogen-bond donors (Lipinski definition) is 1. The zero-order chi connectivity index (χ0) is 13.8. The molecule has 1 fully saturated rings. The Hall–Kier alpha value is -1.43. The molecule has 2 heterocycles. The highest BCUT2D eigenvalue weighted by Crippen LogP contribution is 2.18. The van der Waals surface area contributed by atoms with Crippen LogP contribution in [-0.2, 0) is 4.79 Å². The molecule has 5 nitrogen and oxygen atoms in total. The van der Waals surface area contributed by atoms with Gasteiger partial charge in [-0.3, -0.25) is 9.59 Å². The van der Waals surface area contributed by atoms with Crippen molar-refractivity contribution in [2.45, 2.75) is 12.8 Å². The highest BCUT2D eigenvalue weighted by Gasteiger charge is 2.28. The lowest BCUT2D eigenvalue weighted by atomic mass is 9.97. The van der Waals surface area contributed by atoms with E-state index in [2.05, 4.69) is 26.2 Å². The van der Waals surface area contributed by atoms with Crippen molar-refractivity contribution in [3.8, 4) is 0 Å². The molecule has 1 saturated heterocycles. The predicted octanol–water partition coefficient (Wildman–Crippen LogP) is 1.44. The molecule has 1 aliphatic rings. The summed E-state index contributed by atoms with van der Waals surface area (Å²) >= 11 is 3.25. The number of nitrogens with zero attached hydrogens (tertiary/aromatic N) is 2. The van der Waals surface area contributed by atoms with E-state index in [-0.39, 0.29) is 17.7 Å². The fraction of sp³-hybridized carbons (Fsp3) is 0.462. The smallest absolute Gasteiger partial charge is 0.272 e. The van der Waals surface area contributed by atoms with Gasteiger partial charge in [0.1, 0.15) is 10.3 Å². The summed E-state index contributed by atoms with van der Waals surface area (Å²) in [4.78, 5) is 29.8. The van der Waals surface area contributed by atoms with Gasteiger partial charge in [-0.2, -0.15) is 0 Å². The van der Waals surface area contributed by atoms with Gasteiger partial charge in [0.15, 0.2) is 0 Å². The highest BCUT2D eigenvalue weighted by molar-refractivity contribution is 9.10. The van der Waals surface area contributed by atoms with Crippen molar-refractivity contribution in [3.05, 3.63) is 28.5 Å². The van der Waals surface area contributed by atoms with E-state index in [4.69, 9.17) is 0 Å². The lowest BCUT2D eigenvalue weighted by molar-refractivity contribution is -0.125. The molecule has 0 spiro atoms. The van der Waals surface area contributed by atoms with Crippen molar-refractivity contribution in [1.82, 2.24) is 15.2 Å². The second-order valence-electron chi connectivity index (χ2n) is 4.55. The van der Waals surface area contributed by atoms with Crippen molar-refractivity contribution in [1.29, 1.82) is 0 Å². The maximum atomic E-state index is 12.3. The van der Waals surface area contributed by atoms with Crippen molar-refractivity contribution >= 4 is 27.7 Å². The second-order valence-corrected chi connectivity index (χ2v) is 5.36. The number of piperidine rings is 1. The minimum absolute atomic E-state index is 0.000276. The highest BCUT2D eigenvalue weighted by atomic mass is 79.9. The Bertz CT molecular complexity index is 493. The number of aromatic nitrogens is 1. The zero-order valence-electron chi connectivity index (χ0n) is 10.7. The monoisotopic (exact) mass is 325 g/mol. The molecule has 6 heteroatoms. The molecule has 2 rings (SSSR count). The Morgan fingerprint density at radius 1 is 1.47 bits per heavy atom. The molecule has 0 aliphatic carbocycles. The molecule has 1 unspecified atom stereocenters. The Kier molecular flexibility index (Phi) is 4.52. The summed E-state index contributed by atoms with van der Waals surface area (Å²) in [5, 5.41) is 2.64. The summed E-state index contributed by atoms with van der Waals surface area (Å²) in [7, 11) is 1.62. The summed E-state index contributed by atoms with van der Waals surface area (Å²) in [5.74, 6) is -0.232. The van der Waals surface area contributed by atoms with Crippen molar-refractivity contribution < 1.29 is 9.59 Å². The van der Waals surface area contributed by atoms with Crippen molar-refractivity contribution in [2.24, 2.45) is 5.92 Å². The van der Waals surface area contributed by atoms with E-state index in [9.17, 15) is 9.59 Å². The molecule has 1 aromatic rings. The van der Waals surface area contributed by atoms with Gasteiger partial charge in [0.2, 0.25) is 5.91 Å². The van der Waals surface area contributed by atoms with Crippen molar-refractivity contribution in [2.75, 3.05) is 20.1 Å². The quantitative estimate of drug-likeness (QED) is 0.837. The Morgan fingerprint density at radius 3 is 2.95 bits per heavy atom. The van der Waals surface area contributed by atoms with Gasteiger partial charge in [-0.05, 0) is 40.9 Å². The molecule has 1 aliphatic heterocycles. The number of pyridine rings is 1. The topological polar surface area (TPSA) is 62.3 Å². The molecule has 1 aromatic heterocycles. The molecule has 0 radical (unpaired) electrons. The summed E-state index contributed by atoms with van der Waals surface area (Å²) in [6.07, 6.45) is 1.67. The van der Waals surface area contributed by atoms with Gasteiger partial charge >= 0.3 is 0 Å². The molecule has 2 amide bonds. The van der Waals surface area contributed by atoms with Gasteiger partial charge in [0.05, 0.1) is 5.92 Å². The molecule has 0 saturated carbocycles. The first kappa shape index (κ1) is 14.0. The van der Waals surface area contributed by atoms with Crippen LogP contribution in [0.1, 0.15) is 23.3 Å². The van der Waals surface area contributed by atoms with Crippen LogP contribution in [0, 0.1) is 5.92 Å². The summed E-state index contributed by atoms with van der Waals surface area (Å²) in [6.45, 7) is 1.15. The molecule has 0 aromatic carbocycles. The van der Waals surface area contributed by atoms with Crippen LogP contribution >= 0.6 is 15.9 Å². The number of halogens is 1. The fourth-order valence-electron chi connectivity index (χ4n) is 2.27. The third-order valence-corrected chi connectivity index (χ3v) is 3.70. The van der Waals surface area contributed by atoms with Crippen LogP contribution in [0.25, 0.3) is 0 Å². The van der Waals surface area contributed by atoms with E-state index in [1.165, 1.54) is 0 Å². The van der Waals surface area contributed by atoms with E-state index in [0.717, 1.165) is 12.8 Å². The number of amides is 2. The molecule has 1 N–H and O–H groups in total. The van der Waals surface area contributed by atoms with E-state index in [1.54, 1.807) is 30.1 Å². The first-order valence-electron chi connectivity index (χ1n) is 6.25. The number of carbonyl (C=O) groups is 2. The molecule has 102 valence electrons. The molecule has 19 heavy (non-hydrogen) atoms. The van der Waals surface area contributed by atoms with E-state index >= 15 is 0 Å². The molecule has 1 atom stereocenters. The van der Waals surface area contributed by atoms with E-state index in [0.29, 0.717) is 23.4 Å². The predicted molar refractivity (Wildman–Crippen MR) is 74.6 cm³/mol. The van der Waals surface area contributed by atoms with Gasteiger partial charge in [0, 0.05) is 20.1 Å². The largest absolute Gasteiger partial charge is 0.359 e. The van der Waals surface area contributed by atoms with Gasteiger partial charge < -0.3 is 10.2 Å². The number of hydrogen-bond acceptors (Lipinski definition) is 3. The summed E-state index contributed by atoms with van der Waals surface area (Å²) < 4.78 is 0.637. The Labute approximate surface area is 120 Å². The minimum Gasteiger partial charge on any atom is -0.359 e. The summed E-state index contributed by atoms with van der Waals surface area (Å²) in [5.41, 5.74) is 0.409. The lowest BCUT2D eigenvalue weighted by Crippen LogP contribution is -2.45. The SMILES string of the molecule is CNC(=O)C1CCCN(C(=O)c2cccc(Br)n2)C1. The fourth-order valence-corrected chi connectivity index (χ4v) is 2.61. The lowest BCUT2D eigenvalue weighted by Gasteiger charge is -2.31. The Morgan fingerprint density at radius 2 is 2.26 bits per heavy atom. The maximum Gasteiger partial charge on any atom is 0.272 e. The maximum absolute atomic E-state index is 12.3. The van der Waals surface area contributed by atoms with Gasteiger partial charge in [-0.25, -0.2) is 4.98 Å². The third-order valence-electron chi connectivity index (χ3n) is 3.26. The third kappa shape index (κ3) is 3.32. The average molecular weight is 326 g/mol. The average Bonchev–Trinajstić information content (AvgIpc) is 2.45. The normalized spacial score (nSPS) is 19.1. The molecule has 0 bridgehead atoms. The number of rotatable bonds is 2. The van der Waals surface area contributed by atoms with Gasteiger partial charge in [-0.15, -0.1) is 0 Å². The Balaban J connectivity index is 2.09. The second kappa shape index (κ2) is 6.14. The van der Waals surface area contributed by atoms with Crippen LogP contribution in [0.15, 0.2) is 22.8 Å². The molecular formula is C13H16BrN3O2. The van der Waals surface area contributed by atoms with Crippen LogP contribution in [0.5, 0.6) is 0 Å². The molecular weight excluding hydrogens is 310 g/mol. The van der Waals surface area contributed by atoms with Gasteiger partial charge in [-0.1, -0.05) is 6.07 Å². The zero-order valence-corrected chi connectivity index (χ0v) is 12.3. The number of carbonyl (C=O) groups excluding carboxylic acids is 2. The van der Waals surface area contributed by atoms with Crippen LogP contribution in [0.3, 0.4) is 0 Å². The van der Waals surface area contributed by atoms with E-state index < -0.39 is 0 Å².